The molecule has 0 spiro atoms. The standard InChI is InChI=1S/C26H28N2O3/c29-24(16-20-15-18-10-12-19(20)14-18)27-22(13-11-17-6-2-1-3-7-17)25(30)26-28-21-8-4-5-9-23(21)31-26/h1-9,18-20,22H,10-16H2,(H,27,29)/t18?,19?,20?,22-/m0/s1. The van der Waals surface area contributed by atoms with Gasteiger partial charge < -0.3 is 9.73 Å². The lowest BCUT2D eigenvalue weighted by atomic mass is 9.86. The molecular weight excluding hydrogens is 388 g/mol. The van der Waals surface area contributed by atoms with Crippen LogP contribution in [0.1, 0.15) is 54.8 Å². The van der Waals surface area contributed by atoms with Crippen molar-refractivity contribution in [2.75, 3.05) is 0 Å². The predicted molar refractivity (Wildman–Crippen MR) is 119 cm³/mol. The fourth-order valence-corrected chi connectivity index (χ4v) is 5.47. The molecule has 2 aliphatic carbocycles. The summed E-state index contributed by atoms with van der Waals surface area (Å²) in [6, 6.07) is 16.7. The van der Waals surface area contributed by atoms with Gasteiger partial charge in [0.2, 0.25) is 11.7 Å². The largest absolute Gasteiger partial charge is 0.434 e. The minimum absolute atomic E-state index is 0.0277. The third-order valence-corrected chi connectivity index (χ3v) is 7.05. The van der Waals surface area contributed by atoms with E-state index in [0.29, 0.717) is 42.2 Å². The molecular formula is C26H28N2O3. The van der Waals surface area contributed by atoms with Gasteiger partial charge in [-0.2, -0.15) is 0 Å². The molecule has 160 valence electrons. The van der Waals surface area contributed by atoms with Crippen LogP contribution in [0.2, 0.25) is 0 Å². The smallest absolute Gasteiger partial charge is 0.266 e. The van der Waals surface area contributed by atoms with Crippen molar-refractivity contribution in [3.8, 4) is 0 Å². The van der Waals surface area contributed by atoms with E-state index in [1.807, 2.05) is 48.5 Å². The summed E-state index contributed by atoms with van der Waals surface area (Å²) >= 11 is 0. The predicted octanol–water partition coefficient (Wildman–Crippen LogP) is 4.95. The number of aromatic nitrogens is 1. The number of nitrogens with zero attached hydrogens (tertiary/aromatic N) is 1. The molecule has 1 N–H and O–H groups in total. The number of fused-ring (bicyclic) bond motifs is 3. The molecule has 5 nitrogen and oxygen atoms in total. The summed E-state index contributed by atoms with van der Waals surface area (Å²) in [5, 5.41) is 3.03. The molecule has 5 heteroatoms. The van der Waals surface area contributed by atoms with Gasteiger partial charge in [0.05, 0.1) is 6.04 Å². The highest BCUT2D eigenvalue weighted by atomic mass is 16.4. The third kappa shape index (κ3) is 4.41. The van der Waals surface area contributed by atoms with Crippen LogP contribution in [-0.2, 0) is 11.2 Å². The molecule has 0 aliphatic heterocycles. The number of carbonyl (C=O) groups excluding carboxylic acids is 2. The van der Waals surface area contributed by atoms with Gasteiger partial charge in [-0.25, -0.2) is 4.98 Å². The van der Waals surface area contributed by atoms with Crippen LogP contribution < -0.4 is 5.32 Å². The van der Waals surface area contributed by atoms with Crippen molar-refractivity contribution in [2.45, 2.75) is 51.0 Å². The van der Waals surface area contributed by atoms with Crippen molar-refractivity contribution in [2.24, 2.45) is 17.8 Å². The van der Waals surface area contributed by atoms with E-state index < -0.39 is 6.04 Å². The lowest BCUT2D eigenvalue weighted by Gasteiger charge is -2.22. The molecule has 3 unspecified atom stereocenters. The monoisotopic (exact) mass is 416 g/mol. The van der Waals surface area contributed by atoms with Crippen LogP contribution in [-0.4, -0.2) is 22.7 Å². The molecule has 2 aliphatic rings. The van der Waals surface area contributed by atoms with Crippen molar-refractivity contribution < 1.29 is 14.0 Å². The van der Waals surface area contributed by atoms with Crippen molar-refractivity contribution in [3.63, 3.8) is 0 Å². The summed E-state index contributed by atoms with van der Waals surface area (Å²) < 4.78 is 5.71. The van der Waals surface area contributed by atoms with Crippen LogP contribution in [0.3, 0.4) is 0 Å². The number of para-hydroxylation sites is 2. The number of benzene rings is 2. The lowest BCUT2D eigenvalue weighted by Crippen LogP contribution is -2.42. The molecule has 4 atom stereocenters. The fourth-order valence-electron chi connectivity index (χ4n) is 5.47. The van der Waals surface area contributed by atoms with Crippen LogP contribution in [0.15, 0.2) is 59.0 Å². The second kappa shape index (κ2) is 8.66. The van der Waals surface area contributed by atoms with E-state index in [1.165, 1.54) is 19.3 Å². The van der Waals surface area contributed by atoms with E-state index in [2.05, 4.69) is 10.3 Å². The first kappa shape index (κ1) is 20.0. The van der Waals surface area contributed by atoms with Gasteiger partial charge in [0, 0.05) is 6.42 Å². The number of Topliss-reactive ketones (excluding diaryl/α,β-unsaturated/α-hetero) is 1. The summed E-state index contributed by atoms with van der Waals surface area (Å²) in [7, 11) is 0. The lowest BCUT2D eigenvalue weighted by molar-refractivity contribution is -0.122. The Labute approximate surface area is 182 Å². The molecule has 2 aromatic carbocycles. The van der Waals surface area contributed by atoms with Gasteiger partial charge in [0.1, 0.15) is 5.52 Å². The van der Waals surface area contributed by atoms with Gasteiger partial charge >= 0.3 is 0 Å². The molecule has 1 amide bonds. The first-order chi connectivity index (χ1) is 15.2. The van der Waals surface area contributed by atoms with Crippen LogP contribution in [0.5, 0.6) is 0 Å². The Bertz CT molecular complexity index is 1040. The van der Waals surface area contributed by atoms with Gasteiger partial charge in [-0.1, -0.05) is 48.9 Å². The minimum Gasteiger partial charge on any atom is -0.434 e. The fraction of sp³-hybridized carbons (Fsp3) is 0.423. The van der Waals surface area contributed by atoms with Crippen LogP contribution in [0.25, 0.3) is 11.1 Å². The summed E-state index contributed by atoms with van der Waals surface area (Å²) in [5.74, 6) is 1.74. The number of carbonyl (C=O) groups is 2. The Kier molecular flexibility index (Phi) is 5.58. The molecule has 2 saturated carbocycles. The van der Waals surface area contributed by atoms with E-state index in [0.717, 1.165) is 17.9 Å². The van der Waals surface area contributed by atoms with Crippen molar-refractivity contribution in [3.05, 3.63) is 66.1 Å². The number of ketones is 1. The van der Waals surface area contributed by atoms with E-state index in [1.54, 1.807) is 6.07 Å². The maximum Gasteiger partial charge on any atom is 0.266 e. The van der Waals surface area contributed by atoms with Gasteiger partial charge in [0.25, 0.3) is 5.89 Å². The molecule has 31 heavy (non-hydrogen) atoms. The summed E-state index contributed by atoms with van der Waals surface area (Å²) in [6.07, 6.45) is 6.74. The second-order valence-electron chi connectivity index (χ2n) is 9.13. The Morgan fingerprint density at radius 2 is 1.84 bits per heavy atom. The number of aryl methyl sites for hydroxylation is 1. The number of hydrogen-bond acceptors (Lipinski definition) is 4. The van der Waals surface area contributed by atoms with Crippen LogP contribution >= 0.6 is 0 Å². The summed E-state index contributed by atoms with van der Waals surface area (Å²) in [6.45, 7) is 0. The van der Waals surface area contributed by atoms with Gasteiger partial charge in [-0.3, -0.25) is 9.59 Å². The number of amides is 1. The van der Waals surface area contributed by atoms with Crippen LogP contribution in [0, 0.1) is 17.8 Å². The molecule has 0 saturated heterocycles. The van der Waals surface area contributed by atoms with Crippen molar-refractivity contribution >= 4 is 22.8 Å². The average Bonchev–Trinajstić information content (AvgIpc) is 3.52. The first-order valence-corrected chi connectivity index (χ1v) is 11.4. The molecule has 2 bridgehead atoms. The zero-order valence-electron chi connectivity index (χ0n) is 17.6. The second-order valence-corrected chi connectivity index (χ2v) is 9.13. The van der Waals surface area contributed by atoms with E-state index in [-0.39, 0.29) is 17.6 Å². The average molecular weight is 417 g/mol. The SMILES string of the molecule is O=C(CC1CC2CCC1C2)N[C@@H](CCc1ccccc1)C(=O)c1nc2ccccc2o1. The topological polar surface area (TPSA) is 72.2 Å². The molecule has 3 aromatic rings. The quantitative estimate of drug-likeness (QED) is 0.527. The normalized spacial score (nSPS) is 23.2. The summed E-state index contributed by atoms with van der Waals surface area (Å²) in [4.78, 5) is 30.5. The Morgan fingerprint density at radius 3 is 2.58 bits per heavy atom. The Balaban J connectivity index is 1.30. The van der Waals surface area contributed by atoms with E-state index in [4.69, 9.17) is 4.42 Å². The maximum atomic E-state index is 13.3. The van der Waals surface area contributed by atoms with Gasteiger partial charge in [-0.15, -0.1) is 0 Å². The highest BCUT2D eigenvalue weighted by Gasteiger charge is 2.40. The highest BCUT2D eigenvalue weighted by molar-refractivity contribution is 6.00. The number of hydrogen-bond donors (Lipinski definition) is 1. The Morgan fingerprint density at radius 1 is 1.03 bits per heavy atom. The Hall–Kier alpha value is -2.95. The minimum atomic E-state index is -0.639. The molecule has 5 rings (SSSR count). The van der Waals surface area contributed by atoms with Gasteiger partial charge in [-0.05, 0) is 67.6 Å². The zero-order chi connectivity index (χ0) is 21.2. The zero-order valence-corrected chi connectivity index (χ0v) is 17.6. The van der Waals surface area contributed by atoms with Gasteiger partial charge in [0.15, 0.2) is 5.58 Å². The number of rotatable bonds is 8. The van der Waals surface area contributed by atoms with E-state index in [9.17, 15) is 9.59 Å². The van der Waals surface area contributed by atoms with Crippen LogP contribution in [0.4, 0.5) is 0 Å². The van der Waals surface area contributed by atoms with Crippen molar-refractivity contribution in [1.29, 1.82) is 0 Å². The third-order valence-electron chi connectivity index (χ3n) is 7.05. The molecule has 2 fully saturated rings. The maximum absolute atomic E-state index is 13.3. The highest BCUT2D eigenvalue weighted by Crippen LogP contribution is 2.49. The number of nitrogens with one attached hydrogen (secondary N) is 1. The number of oxazole rings is 1. The summed E-state index contributed by atoms with van der Waals surface area (Å²) in [5.41, 5.74) is 2.38. The van der Waals surface area contributed by atoms with Crippen molar-refractivity contribution in [1.82, 2.24) is 10.3 Å². The van der Waals surface area contributed by atoms with E-state index >= 15 is 0 Å². The molecule has 0 radical (unpaired) electrons. The molecule has 1 aromatic heterocycles. The molecule has 1 heterocycles. The first-order valence-electron chi connectivity index (χ1n) is 11.4.